The highest BCUT2D eigenvalue weighted by Crippen LogP contribution is 2.28. The Bertz CT molecular complexity index is 557. The van der Waals surface area contributed by atoms with E-state index in [9.17, 15) is 0 Å². The highest BCUT2D eigenvalue weighted by molar-refractivity contribution is 6.32. The Kier molecular flexibility index (Phi) is 3.15. The van der Waals surface area contributed by atoms with Crippen molar-refractivity contribution in [2.24, 2.45) is 0 Å². The van der Waals surface area contributed by atoms with Gasteiger partial charge in [0.25, 0.3) is 0 Å². The Balaban J connectivity index is 2.46. The molecule has 1 aromatic heterocycles. The fourth-order valence-electron chi connectivity index (χ4n) is 1.40. The van der Waals surface area contributed by atoms with Gasteiger partial charge in [0.15, 0.2) is 5.82 Å². The quantitative estimate of drug-likeness (QED) is 0.889. The molecule has 0 aliphatic rings. The second-order valence-corrected chi connectivity index (χ2v) is 4.02. The number of aromatic nitrogens is 2. The monoisotopic (exact) mass is 249 g/mol. The number of methoxy groups -OCH3 is 1. The summed E-state index contributed by atoms with van der Waals surface area (Å²) >= 11 is 6.04. The number of ether oxygens (including phenoxy) is 1. The van der Waals surface area contributed by atoms with Gasteiger partial charge in [-0.25, -0.2) is 9.97 Å². The average Bonchev–Trinajstić information content (AvgIpc) is 2.32. The van der Waals surface area contributed by atoms with Gasteiger partial charge in [0, 0.05) is 17.3 Å². The van der Waals surface area contributed by atoms with E-state index in [4.69, 9.17) is 22.1 Å². The molecule has 0 bridgehead atoms. The molecule has 0 saturated heterocycles. The van der Waals surface area contributed by atoms with Crippen molar-refractivity contribution in [3.8, 4) is 17.1 Å². The van der Waals surface area contributed by atoms with Gasteiger partial charge in [-0.1, -0.05) is 11.6 Å². The first-order valence-electron chi connectivity index (χ1n) is 5.05. The number of nitrogen functional groups attached to an aromatic ring is 1. The van der Waals surface area contributed by atoms with E-state index in [1.165, 1.54) is 0 Å². The number of aryl methyl sites for hydroxylation is 1. The zero-order valence-corrected chi connectivity index (χ0v) is 10.3. The molecule has 1 heterocycles. The number of rotatable bonds is 2. The molecule has 1 aromatic carbocycles. The van der Waals surface area contributed by atoms with Crippen molar-refractivity contribution in [3.63, 3.8) is 0 Å². The summed E-state index contributed by atoms with van der Waals surface area (Å²) in [5.74, 6) is 1.65. The van der Waals surface area contributed by atoms with Gasteiger partial charge in [-0.3, -0.25) is 0 Å². The van der Waals surface area contributed by atoms with Crippen LogP contribution in [-0.2, 0) is 0 Å². The van der Waals surface area contributed by atoms with E-state index in [-0.39, 0.29) is 0 Å². The second kappa shape index (κ2) is 4.59. The summed E-state index contributed by atoms with van der Waals surface area (Å²) in [7, 11) is 1.57. The van der Waals surface area contributed by atoms with Crippen molar-refractivity contribution in [2.75, 3.05) is 12.8 Å². The van der Waals surface area contributed by atoms with E-state index in [2.05, 4.69) is 9.97 Å². The third-order valence-electron chi connectivity index (χ3n) is 2.42. The number of hydrogen-bond donors (Lipinski definition) is 1. The zero-order valence-electron chi connectivity index (χ0n) is 9.57. The first-order valence-corrected chi connectivity index (χ1v) is 5.42. The van der Waals surface area contributed by atoms with Crippen molar-refractivity contribution < 1.29 is 4.74 Å². The SMILES string of the molecule is COc1ccc(-c2ncc(C)c(N)n2)cc1Cl. The molecule has 0 atom stereocenters. The Labute approximate surface area is 104 Å². The Morgan fingerprint density at radius 1 is 1.35 bits per heavy atom. The molecule has 2 rings (SSSR count). The van der Waals surface area contributed by atoms with Gasteiger partial charge in [-0.15, -0.1) is 0 Å². The third-order valence-corrected chi connectivity index (χ3v) is 2.72. The van der Waals surface area contributed by atoms with Crippen LogP contribution in [0, 0.1) is 6.92 Å². The topological polar surface area (TPSA) is 61.0 Å². The van der Waals surface area contributed by atoms with Gasteiger partial charge >= 0.3 is 0 Å². The van der Waals surface area contributed by atoms with Crippen molar-refractivity contribution in [3.05, 3.63) is 35.0 Å². The van der Waals surface area contributed by atoms with Crippen LogP contribution in [0.15, 0.2) is 24.4 Å². The molecule has 4 nitrogen and oxygen atoms in total. The van der Waals surface area contributed by atoms with Crippen molar-refractivity contribution in [2.45, 2.75) is 6.92 Å². The Morgan fingerprint density at radius 3 is 2.71 bits per heavy atom. The van der Waals surface area contributed by atoms with Crippen LogP contribution in [0.5, 0.6) is 5.75 Å². The first-order chi connectivity index (χ1) is 8.11. The van der Waals surface area contributed by atoms with Gasteiger partial charge in [0.1, 0.15) is 11.6 Å². The first kappa shape index (κ1) is 11.7. The Hall–Kier alpha value is -1.81. The summed E-state index contributed by atoms with van der Waals surface area (Å²) in [5, 5.41) is 0.521. The minimum Gasteiger partial charge on any atom is -0.495 e. The van der Waals surface area contributed by atoms with Gasteiger partial charge in [-0.05, 0) is 25.1 Å². The summed E-state index contributed by atoms with van der Waals surface area (Å²) in [6.07, 6.45) is 1.69. The van der Waals surface area contributed by atoms with Crippen molar-refractivity contribution >= 4 is 17.4 Å². The highest BCUT2D eigenvalue weighted by atomic mass is 35.5. The molecule has 0 fully saturated rings. The maximum absolute atomic E-state index is 6.04. The van der Waals surface area contributed by atoms with Crippen molar-refractivity contribution in [1.29, 1.82) is 0 Å². The molecular formula is C12H12ClN3O. The van der Waals surface area contributed by atoms with E-state index < -0.39 is 0 Å². The number of hydrogen-bond acceptors (Lipinski definition) is 4. The maximum Gasteiger partial charge on any atom is 0.161 e. The standard InChI is InChI=1S/C12H12ClN3O/c1-7-6-15-12(16-11(7)14)8-3-4-10(17-2)9(13)5-8/h3-6H,1-2H3,(H2,14,15,16). The summed E-state index contributed by atoms with van der Waals surface area (Å²) in [6.45, 7) is 1.86. The minimum atomic E-state index is 0.474. The number of anilines is 1. The van der Waals surface area contributed by atoms with Crippen LogP contribution in [0.1, 0.15) is 5.56 Å². The lowest BCUT2D eigenvalue weighted by Gasteiger charge is -2.06. The summed E-state index contributed by atoms with van der Waals surface area (Å²) in [6, 6.07) is 5.37. The van der Waals surface area contributed by atoms with E-state index in [0.29, 0.717) is 22.4 Å². The Morgan fingerprint density at radius 2 is 2.12 bits per heavy atom. The molecule has 0 spiro atoms. The van der Waals surface area contributed by atoms with Gasteiger partial charge in [-0.2, -0.15) is 0 Å². The normalized spacial score (nSPS) is 10.3. The second-order valence-electron chi connectivity index (χ2n) is 3.61. The zero-order chi connectivity index (χ0) is 12.4. The van der Waals surface area contributed by atoms with E-state index in [0.717, 1.165) is 11.1 Å². The lowest BCUT2D eigenvalue weighted by atomic mass is 10.2. The van der Waals surface area contributed by atoms with Crippen LogP contribution >= 0.6 is 11.6 Å². The van der Waals surface area contributed by atoms with Gasteiger partial charge in [0.05, 0.1) is 12.1 Å². The predicted molar refractivity (Wildman–Crippen MR) is 68.2 cm³/mol. The molecule has 0 amide bonds. The van der Waals surface area contributed by atoms with Crippen LogP contribution in [0.2, 0.25) is 5.02 Å². The van der Waals surface area contributed by atoms with E-state index in [1.54, 1.807) is 25.4 Å². The molecule has 0 radical (unpaired) electrons. The van der Waals surface area contributed by atoms with Crippen molar-refractivity contribution in [1.82, 2.24) is 9.97 Å². The molecule has 0 unspecified atom stereocenters. The number of nitrogens with two attached hydrogens (primary N) is 1. The van der Waals surface area contributed by atoms with E-state index in [1.807, 2.05) is 13.0 Å². The molecule has 88 valence electrons. The fourth-order valence-corrected chi connectivity index (χ4v) is 1.66. The summed E-state index contributed by atoms with van der Waals surface area (Å²) in [4.78, 5) is 8.42. The van der Waals surface area contributed by atoms with Crippen LogP contribution in [0.25, 0.3) is 11.4 Å². The van der Waals surface area contributed by atoms with Gasteiger partial charge in [0.2, 0.25) is 0 Å². The molecule has 0 saturated carbocycles. The fraction of sp³-hybridized carbons (Fsp3) is 0.167. The number of halogens is 1. The largest absolute Gasteiger partial charge is 0.495 e. The number of nitrogens with zero attached hydrogens (tertiary/aromatic N) is 2. The van der Waals surface area contributed by atoms with Crippen LogP contribution in [0.4, 0.5) is 5.82 Å². The predicted octanol–water partition coefficient (Wildman–Crippen LogP) is 2.70. The average molecular weight is 250 g/mol. The summed E-state index contributed by atoms with van der Waals surface area (Å²) in [5.41, 5.74) is 7.41. The van der Waals surface area contributed by atoms with Gasteiger partial charge < -0.3 is 10.5 Å². The lowest BCUT2D eigenvalue weighted by Crippen LogP contribution is -1.98. The summed E-state index contributed by atoms with van der Waals surface area (Å²) < 4.78 is 5.08. The molecule has 17 heavy (non-hydrogen) atoms. The molecule has 2 aromatic rings. The van der Waals surface area contributed by atoms with Crippen LogP contribution < -0.4 is 10.5 Å². The van der Waals surface area contributed by atoms with E-state index >= 15 is 0 Å². The minimum absolute atomic E-state index is 0.474. The molecule has 0 aliphatic carbocycles. The maximum atomic E-state index is 6.04. The molecular weight excluding hydrogens is 238 g/mol. The lowest BCUT2D eigenvalue weighted by molar-refractivity contribution is 0.415. The highest BCUT2D eigenvalue weighted by Gasteiger charge is 2.07. The molecule has 5 heteroatoms. The smallest absolute Gasteiger partial charge is 0.161 e. The van der Waals surface area contributed by atoms with Crippen LogP contribution in [0.3, 0.4) is 0 Å². The number of benzene rings is 1. The third kappa shape index (κ3) is 2.31. The molecule has 2 N–H and O–H groups in total. The van der Waals surface area contributed by atoms with Crippen LogP contribution in [-0.4, -0.2) is 17.1 Å². The molecule has 0 aliphatic heterocycles.